The summed E-state index contributed by atoms with van der Waals surface area (Å²) in [5.41, 5.74) is 7.86. The fraction of sp³-hybridized carbons (Fsp3) is 0. The van der Waals surface area contributed by atoms with Crippen molar-refractivity contribution in [3.8, 4) is 0 Å². The molecule has 8 bridgehead atoms. The monoisotopic (exact) mass is 361 g/mol. The van der Waals surface area contributed by atoms with Crippen molar-refractivity contribution < 1.29 is 18.6 Å². The van der Waals surface area contributed by atoms with Crippen LogP contribution in [0.4, 0.5) is 0 Å². The predicted molar refractivity (Wildman–Crippen MR) is 98.9 cm³/mol. The first-order valence-corrected chi connectivity index (χ1v) is 7.85. The van der Waals surface area contributed by atoms with E-state index < -0.39 is 0 Å². The number of H-pyrrole nitrogens is 2. The Bertz CT molecular complexity index is 1080. The number of hydrogen-bond donors (Lipinski definition) is 2. The Balaban J connectivity index is 0.00000157. The van der Waals surface area contributed by atoms with E-state index in [2.05, 4.69) is 50.3 Å². The zero-order chi connectivity index (χ0) is 15.9. The van der Waals surface area contributed by atoms with E-state index >= 15 is 0 Å². The van der Waals surface area contributed by atoms with E-state index in [1.807, 2.05) is 42.5 Å². The van der Waals surface area contributed by atoms with Gasteiger partial charge in [0.05, 0.1) is 22.8 Å². The molecule has 5 heteroatoms. The zero-order valence-corrected chi connectivity index (χ0v) is 14.7. The molecule has 5 heterocycles. The Kier molecular flexibility index (Phi) is 3.92. The van der Waals surface area contributed by atoms with E-state index in [1.165, 1.54) is 0 Å². The number of nitrogens with one attached hydrogen (secondary N) is 2. The molecule has 0 aliphatic carbocycles. The maximum atomic E-state index is 4.62. The van der Waals surface area contributed by atoms with Crippen LogP contribution in [0.15, 0.2) is 48.5 Å². The Morgan fingerprint density at radius 1 is 0.480 bits per heavy atom. The van der Waals surface area contributed by atoms with Crippen molar-refractivity contribution in [2.24, 2.45) is 0 Å². The number of aromatic amines is 2. The summed E-state index contributed by atoms with van der Waals surface area (Å²) < 4.78 is 0. The predicted octanol–water partition coefficient (Wildman–Crippen LogP) is 4.65. The minimum absolute atomic E-state index is 0. The fourth-order valence-electron chi connectivity index (χ4n) is 2.94. The molecule has 0 atom stereocenters. The van der Waals surface area contributed by atoms with E-state index in [-0.39, 0.29) is 18.6 Å². The first kappa shape index (κ1) is 15.7. The third kappa shape index (κ3) is 3.22. The molecule has 2 N–H and O–H groups in total. The van der Waals surface area contributed by atoms with Crippen LogP contribution in [-0.4, -0.2) is 19.9 Å². The van der Waals surface area contributed by atoms with Gasteiger partial charge in [-0.25, -0.2) is 9.97 Å². The van der Waals surface area contributed by atoms with Crippen LogP contribution in [0.2, 0.25) is 0 Å². The quantitative estimate of drug-likeness (QED) is 0.422. The molecule has 0 saturated carbocycles. The van der Waals surface area contributed by atoms with Crippen molar-refractivity contribution in [2.75, 3.05) is 0 Å². The molecule has 0 saturated heterocycles. The molecule has 25 heavy (non-hydrogen) atoms. The summed E-state index contributed by atoms with van der Waals surface area (Å²) in [7, 11) is 0. The van der Waals surface area contributed by atoms with Crippen LogP contribution < -0.4 is 0 Å². The van der Waals surface area contributed by atoms with Gasteiger partial charge in [0, 0.05) is 40.6 Å². The van der Waals surface area contributed by atoms with Crippen LogP contribution in [0.25, 0.3) is 46.4 Å². The van der Waals surface area contributed by atoms with Crippen LogP contribution in [0.5, 0.6) is 0 Å². The van der Waals surface area contributed by atoms with Crippen LogP contribution in [-0.2, 0) is 18.6 Å². The molecule has 3 aromatic rings. The second-order valence-corrected chi connectivity index (χ2v) is 5.91. The van der Waals surface area contributed by atoms with E-state index in [4.69, 9.17) is 0 Å². The minimum atomic E-state index is 0. The van der Waals surface area contributed by atoms with Gasteiger partial charge in [-0.1, -0.05) is 0 Å². The summed E-state index contributed by atoms with van der Waals surface area (Å²) in [5.74, 6) is 0. The molecule has 0 amide bonds. The Hall–Kier alpha value is -2.82. The van der Waals surface area contributed by atoms with E-state index in [1.54, 1.807) is 0 Å². The largest absolute Gasteiger partial charge is 0.355 e. The summed E-state index contributed by atoms with van der Waals surface area (Å²) in [5, 5.41) is 0. The van der Waals surface area contributed by atoms with Gasteiger partial charge in [0.15, 0.2) is 0 Å². The third-order valence-electron chi connectivity index (χ3n) is 4.04. The van der Waals surface area contributed by atoms with Gasteiger partial charge in [-0.05, 0) is 72.8 Å². The van der Waals surface area contributed by atoms with Crippen LogP contribution in [0, 0.1) is 0 Å². The van der Waals surface area contributed by atoms with Gasteiger partial charge in [0.25, 0.3) is 0 Å². The van der Waals surface area contributed by atoms with Gasteiger partial charge in [-0.2, -0.15) is 0 Å². The van der Waals surface area contributed by atoms with Gasteiger partial charge in [0.1, 0.15) is 0 Å². The molecular formula is C20H14N4V. The van der Waals surface area contributed by atoms with Crippen molar-refractivity contribution >= 4 is 46.4 Å². The number of aromatic nitrogens is 4. The normalized spacial score (nSPS) is 12.2. The molecule has 5 rings (SSSR count). The fourth-order valence-corrected chi connectivity index (χ4v) is 2.94. The van der Waals surface area contributed by atoms with Crippen molar-refractivity contribution in [3.05, 3.63) is 71.3 Å². The summed E-state index contributed by atoms with van der Waals surface area (Å²) >= 11 is 0. The first-order valence-electron chi connectivity index (χ1n) is 7.85. The van der Waals surface area contributed by atoms with Crippen molar-refractivity contribution in [3.63, 3.8) is 0 Å². The SMILES string of the molecule is C1=Cc2cc3ccc(cc4ccc(cc5nc(cc1n2)C=C5)[nH]4)[nH]3.[V]. The average Bonchev–Trinajstić information content (AvgIpc) is 3.32. The van der Waals surface area contributed by atoms with E-state index in [0.717, 1.165) is 44.8 Å². The third-order valence-corrected chi connectivity index (χ3v) is 4.04. The van der Waals surface area contributed by atoms with E-state index in [0.29, 0.717) is 0 Å². The summed E-state index contributed by atoms with van der Waals surface area (Å²) in [6.07, 6.45) is 8.05. The minimum Gasteiger partial charge on any atom is -0.355 e. The van der Waals surface area contributed by atoms with Crippen molar-refractivity contribution in [1.82, 2.24) is 19.9 Å². The smallest absolute Gasteiger partial charge is 0.0659 e. The number of nitrogens with zero attached hydrogens (tertiary/aromatic N) is 2. The van der Waals surface area contributed by atoms with E-state index in [9.17, 15) is 0 Å². The average molecular weight is 361 g/mol. The molecule has 2 aliphatic heterocycles. The topological polar surface area (TPSA) is 57.4 Å². The summed E-state index contributed by atoms with van der Waals surface area (Å²) in [4.78, 5) is 16.0. The van der Waals surface area contributed by atoms with Gasteiger partial charge in [-0.15, -0.1) is 0 Å². The van der Waals surface area contributed by atoms with Gasteiger partial charge in [0.2, 0.25) is 0 Å². The molecule has 0 aromatic carbocycles. The zero-order valence-electron chi connectivity index (χ0n) is 13.3. The van der Waals surface area contributed by atoms with Gasteiger partial charge >= 0.3 is 0 Å². The molecular weight excluding hydrogens is 347 g/mol. The van der Waals surface area contributed by atoms with Crippen LogP contribution >= 0.6 is 0 Å². The number of rotatable bonds is 0. The number of hydrogen-bond acceptors (Lipinski definition) is 2. The van der Waals surface area contributed by atoms with Gasteiger partial charge in [-0.3, -0.25) is 0 Å². The molecule has 3 aromatic heterocycles. The molecule has 119 valence electrons. The van der Waals surface area contributed by atoms with Crippen LogP contribution in [0.3, 0.4) is 0 Å². The first-order chi connectivity index (χ1) is 11.8. The Morgan fingerprint density at radius 2 is 0.840 bits per heavy atom. The molecule has 1 radical (unpaired) electrons. The van der Waals surface area contributed by atoms with Crippen molar-refractivity contribution in [1.29, 1.82) is 0 Å². The maximum Gasteiger partial charge on any atom is 0.0659 e. The Morgan fingerprint density at radius 3 is 1.28 bits per heavy atom. The second-order valence-electron chi connectivity index (χ2n) is 5.91. The molecule has 4 nitrogen and oxygen atoms in total. The number of fused-ring (bicyclic) bond motifs is 8. The second kappa shape index (κ2) is 6.24. The molecule has 0 fully saturated rings. The van der Waals surface area contributed by atoms with Crippen LogP contribution in [0.1, 0.15) is 22.8 Å². The Labute approximate surface area is 156 Å². The van der Waals surface area contributed by atoms with Crippen molar-refractivity contribution in [2.45, 2.75) is 0 Å². The molecule has 2 aliphatic rings. The van der Waals surface area contributed by atoms with Gasteiger partial charge < -0.3 is 9.97 Å². The summed E-state index contributed by atoms with van der Waals surface area (Å²) in [6, 6.07) is 16.4. The standard InChI is InChI=1S/C20H14N4.V/c1-2-14-10-16-5-6-18(23-16)12-20-8-7-19(24-20)11-17-4-3-15(22-17)9-13(1)21-14;/h1-12,21-22H;. The molecule has 0 unspecified atom stereocenters. The summed E-state index contributed by atoms with van der Waals surface area (Å²) in [6.45, 7) is 0. The molecule has 0 spiro atoms. The maximum absolute atomic E-state index is 4.62.